The Balaban J connectivity index is 2.10. The first kappa shape index (κ1) is 13.5. The lowest BCUT2D eigenvalue weighted by molar-refractivity contribution is 0.198. The van der Waals surface area contributed by atoms with E-state index in [4.69, 9.17) is 4.74 Å². The SMILES string of the molecule is C[C@@H](O)c1cccc(OCc2cc(F)ccc2F)c1. The molecule has 0 unspecified atom stereocenters. The third-order valence-electron chi connectivity index (χ3n) is 2.74. The maximum Gasteiger partial charge on any atom is 0.130 e. The normalized spacial score (nSPS) is 12.2. The molecule has 2 aromatic rings. The van der Waals surface area contributed by atoms with Crippen LogP contribution in [0.25, 0.3) is 0 Å². The smallest absolute Gasteiger partial charge is 0.130 e. The summed E-state index contributed by atoms with van der Waals surface area (Å²) >= 11 is 0. The molecule has 0 heterocycles. The molecule has 100 valence electrons. The molecule has 2 rings (SSSR count). The number of hydrogen-bond acceptors (Lipinski definition) is 2. The van der Waals surface area contributed by atoms with Crippen molar-refractivity contribution in [2.75, 3.05) is 0 Å². The van der Waals surface area contributed by atoms with E-state index in [1.165, 1.54) is 0 Å². The molecule has 0 aromatic heterocycles. The highest BCUT2D eigenvalue weighted by Gasteiger charge is 2.06. The third-order valence-corrected chi connectivity index (χ3v) is 2.74. The van der Waals surface area contributed by atoms with Crippen molar-refractivity contribution in [1.82, 2.24) is 0 Å². The summed E-state index contributed by atoms with van der Waals surface area (Å²) in [6.45, 7) is 1.58. The number of ether oxygens (including phenoxy) is 1. The maximum atomic E-state index is 13.4. The number of hydrogen-bond donors (Lipinski definition) is 1. The molecule has 0 saturated carbocycles. The molecule has 0 fully saturated rings. The highest BCUT2D eigenvalue weighted by atomic mass is 19.1. The van der Waals surface area contributed by atoms with Gasteiger partial charge < -0.3 is 9.84 Å². The molecule has 0 aliphatic heterocycles. The predicted octanol–water partition coefficient (Wildman–Crippen LogP) is 3.60. The Morgan fingerprint density at radius 2 is 1.95 bits per heavy atom. The average Bonchev–Trinajstić information content (AvgIpc) is 2.40. The molecule has 0 spiro atoms. The van der Waals surface area contributed by atoms with Gasteiger partial charge in [-0.1, -0.05) is 12.1 Å². The van der Waals surface area contributed by atoms with Gasteiger partial charge in [-0.15, -0.1) is 0 Å². The number of aliphatic hydroxyl groups is 1. The number of rotatable bonds is 4. The van der Waals surface area contributed by atoms with E-state index in [0.29, 0.717) is 11.3 Å². The standard InChI is InChI=1S/C15H14F2O2/c1-10(18)11-3-2-4-14(8-11)19-9-12-7-13(16)5-6-15(12)17/h2-8,10,18H,9H2,1H3/t10-/m1/s1. The summed E-state index contributed by atoms with van der Waals surface area (Å²) in [5.41, 5.74) is 0.861. The Hall–Kier alpha value is -1.94. The fourth-order valence-corrected chi connectivity index (χ4v) is 1.68. The van der Waals surface area contributed by atoms with Gasteiger partial charge in [-0.25, -0.2) is 8.78 Å². The second-order valence-electron chi connectivity index (χ2n) is 4.27. The minimum atomic E-state index is -0.602. The summed E-state index contributed by atoms with van der Waals surface area (Å²) in [5.74, 6) is -0.507. The van der Waals surface area contributed by atoms with Crippen molar-refractivity contribution in [3.8, 4) is 5.75 Å². The molecule has 4 heteroatoms. The lowest BCUT2D eigenvalue weighted by Crippen LogP contribution is -2.00. The predicted molar refractivity (Wildman–Crippen MR) is 67.8 cm³/mol. The molecule has 0 saturated heterocycles. The van der Waals surface area contributed by atoms with Crippen LogP contribution in [0.5, 0.6) is 5.75 Å². The Labute approximate surface area is 110 Å². The zero-order chi connectivity index (χ0) is 13.8. The summed E-state index contributed by atoms with van der Waals surface area (Å²) in [6.07, 6.45) is -0.602. The summed E-state index contributed by atoms with van der Waals surface area (Å²) in [5, 5.41) is 9.45. The summed E-state index contributed by atoms with van der Waals surface area (Å²) < 4.78 is 31.8. The van der Waals surface area contributed by atoms with Crippen LogP contribution in [0.4, 0.5) is 8.78 Å². The Morgan fingerprint density at radius 3 is 2.68 bits per heavy atom. The van der Waals surface area contributed by atoms with Crippen molar-refractivity contribution in [2.24, 2.45) is 0 Å². The molecule has 0 amide bonds. The quantitative estimate of drug-likeness (QED) is 0.914. The van der Waals surface area contributed by atoms with Gasteiger partial charge in [0.15, 0.2) is 0 Å². The monoisotopic (exact) mass is 264 g/mol. The van der Waals surface area contributed by atoms with Crippen LogP contribution in [0.2, 0.25) is 0 Å². The van der Waals surface area contributed by atoms with E-state index in [9.17, 15) is 13.9 Å². The first-order valence-corrected chi connectivity index (χ1v) is 5.91. The minimum absolute atomic E-state index is 0.0626. The van der Waals surface area contributed by atoms with Gasteiger partial charge in [0.1, 0.15) is 24.0 Å². The third kappa shape index (κ3) is 3.51. The van der Waals surface area contributed by atoms with Gasteiger partial charge in [0.25, 0.3) is 0 Å². The van der Waals surface area contributed by atoms with Crippen molar-refractivity contribution in [3.63, 3.8) is 0 Å². The molecule has 2 nitrogen and oxygen atoms in total. The second kappa shape index (κ2) is 5.80. The van der Waals surface area contributed by atoms with Crippen molar-refractivity contribution >= 4 is 0 Å². The summed E-state index contributed by atoms with van der Waals surface area (Å²) in [6, 6.07) is 10.1. The van der Waals surface area contributed by atoms with E-state index < -0.39 is 17.7 Å². The van der Waals surface area contributed by atoms with Crippen LogP contribution in [0, 0.1) is 11.6 Å². The van der Waals surface area contributed by atoms with Crippen molar-refractivity contribution in [3.05, 3.63) is 65.2 Å². The Bertz CT molecular complexity index is 568. The van der Waals surface area contributed by atoms with Gasteiger partial charge in [0.05, 0.1) is 6.10 Å². The van der Waals surface area contributed by atoms with Crippen LogP contribution in [0.15, 0.2) is 42.5 Å². The van der Waals surface area contributed by atoms with Gasteiger partial charge in [0.2, 0.25) is 0 Å². The van der Waals surface area contributed by atoms with Crippen molar-refractivity contribution < 1.29 is 18.6 Å². The topological polar surface area (TPSA) is 29.5 Å². The van der Waals surface area contributed by atoms with Crippen LogP contribution in [0.3, 0.4) is 0 Å². The highest BCUT2D eigenvalue weighted by molar-refractivity contribution is 5.30. The average molecular weight is 264 g/mol. The van der Waals surface area contributed by atoms with Crippen molar-refractivity contribution in [1.29, 1.82) is 0 Å². The lowest BCUT2D eigenvalue weighted by Gasteiger charge is -2.10. The molecule has 19 heavy (non-hydrogen) atoms. The first-order chi connectivity index (χ1) is 9.06. The minimum Gasteiger partial charge on any atom is -0.489 e. The van der Waals surface area contributed by atoms with Crippen LogP contribution in [-0.2, 0) is 6.61 Å². The fraction of sp³-hybridized carbons (Fsp3) is 0.200. The zero-order valence-corrected chi connectivity index (χ0v) is 10.4. The number of aliphatic hydroxyl groups excluding tert-OH is 1. The summed E-state index contributed by atoms with van der Waals surface area (Å²) in [4.78, 5) is 0. The van der Waals surface area contributed by atoms with Gasteiger partial charge in [0, 0.05) is 5.56 Å². The van der Waals surface area contributed by atoms with Gasteiger partial charge in [-0.2, -0.15) is 0 Å². The van der Waals surface area contributed by atoms with Crippen LogP contribution in [0.1, 0.15) is 24.2 Å². The van der Waals surface area contributed by atoms with Crippen molar-refractivity contribution in [2.45, 2.75) is 19.6 Å². The van der Waals surface area contributed by atoms with Gasteiger partial charge in [-0.3, -0.25) is 0 Å². The molecular formula is C15H14F2O2. The molecule has 0 aliphatic rings. The molecule has 1 atom stereocenters. The number of benzene rings is 2. The molecule has 0 radical (unpaired) electrons. The van der Waals surface area contributed by atoms with E-state index in [1.54, 1.807) is 31.2 Å². The largest absolute Gasteiger partial charge is 0.489 e. The van der Waals surface area contributed by atoms with Gasteiger partial charge >= 0.3 is 0 Å². The molecule has 2 aromatic carbocycles. The first-order valence-electron chi connectivity index (χ1n) is 5.91. The maximum absolute atomic E-state index is 13.4. The van der Waals surface area contributed by atoms with Crippen LogP contribution < -0.4 is 4.74 Å². The van der Waals surface area contributed by atoms with E-state index in [-0.39, 0.29) is 12.2 Å². The second-order valence-corrected chi connectivity index (χ2v) is 4.27. The van der Waals surface area contributed by atoms with Crippen LogP contribution in [-0.4, -0.2) is 5.11 Å². The highest BCUT2D eigenvalue weighted by Crippen LogP contribution is 2.20. The molecular weight excluding hydrogens is 250 g/mol. The Kier molecular flexibility index (Phi) is 4.12. The van der Waals surface area contributed by atoms with E-state index >= 15 is 0 Å². The fourth-order valence-electron chi connectivity index (χ4n) is 1.68. The summed E-state index contributed by atoms with van der Waals surface area (Å²) in [7, 11) is 0. The van der Waals surface area contributed by atoms with Crippen LogP contribution >= 0.6 is 0 Å². The molecule has 0 bridgehead atoms. The zero-order valence-electron chi connectivity index (χ0n) is 10.4. The molecule has 1 N–H and O–H groups in total. The molecule has 0 aliphatic carbocycles. The number of halogens is 2. The van der Waals surface area contributed by atoms with E-state index in [2.05, 4.69) is 0 Å². The Morgan fingerprint density at radius 1 is 1.16 bits per heavy atom. The van der Waals surface area contributed by atoms with Gasteiger partial charge in [-0.05, 0) is 42.8 Å². The van der Waals surface area contributed by atoms with E-state index in [1.807, 2.05) is 0 Å². The van der Waals surface area contributed by atoms with E-state index in [0.717, 1.165) is 18.2 Å². The lowest BCUT2D eigenvalue weighted by atomic mass is 10.1.